The first kappa shape index (κ1) is 25.5. The number of hydrogen-bond acceptors (Lipinski definition) is 4. The van der Waals surface area contributed by atoms with Crippen molar-refractivity contribution in [2.75, 3.05) is 31.1 Å². The Kier molecular flexibility index (Phi) is 7.92. The summed E-state index contributed by atoms with van der Waals surface area (Å²) in [7, 11) is 0. The van der Waals surface area contributed by atoms with Gasteiger partial charge in [-0.25, -0.2) is 4.98 Å². The molecule has 0 radical (unpaired) electrons. The molecule has 1 atom stereocenters. The third-order valence-corrected chi connectivity index (χ3v) is 8.59. The van der Waals surface area contributed by atoms with Gasteiger partial charge in [0.2, 0.25) is 5.91 Å². The average molecular weight is 501 g/mol. The Bertz CT molecular complexity index is 1100. The van der Waals surface area contributed by atoms with Crippen molar-refractivity contribution < 1.29 is 9.59 Å². The second-order valence-electron chi connectivity index (χ2n) is 10.9. The number of piperidine rings is 2. The molecule has 4 aliphatic rings. The van der Waals surface area contributed by atoms with Crippen LogP contribution in [0.5, 0.6) is 0 Å². The molecule has 0 unspecified atom stereocenters. The Morgan fingerprint density at radius 3 is 2.30 bits per heavy atom. The summed E-state index contributed by atoms with van der Waals surface area (Å²) in [6.45, 7) is 5.30. The smallest absolute Gasteiger partial charge is 0.255 e. The number of aromatic nitrogens is 1. The normalized spacial score (nSPS) is 22.2. The largest absolute Gasteiger partial charge is 0.357 e. The van der Waals surface area contributed by atoms with Gasteiger partial charge < -0.3 is 15.1 Å². The van der Waals surface area contributed by atoms with Crippen molar-refractivity contribution in [1.82, 2.24) is 15.2 Å². The van der Waals surface area contributed by atoms with Crippen LogP contribution in [0.15, 0.2) is 65.9 Å². The molecular weight excluding hydrogens is 460 g/mol. The van der Waals surface area contributed by atoms with Crippen molar-refractivity contribution in [1.29, 1.82) is 0 Å². The van der Waals surface area contributed by atoms with E-state index in [9.17, 15) is 9.59 Å². The molecule has 0 bridgehead atoms. The highest BCUT2D eigenvalue weighted by atomic mass is 16.2. The number of carbonyl (C=O) groups excluding carboxylic acids is 2. The summed E-state index contributed by atoms with van der Waals surface area (Å²) < 4.78 is 0. The van der Waals surface area contributed by atoms with E-state index in [1.54, 1.807) is 6.20 Å². The van der Waals surface area contributed by atoms with Gasteiger partial charge in [0.25, 0.3) is 5.91 Å². The van der Waals surface area contributed by atoms with Crippen molar-refractivity contribution in [2.24, 2.45) is 5.41 Å². The first-order valence-electron chi connectivity index (χ1n) is 14.1. The summed E-state index contributed by atoms with van der Waals surface area (Å²) in [5, 5.41) is 3.35. The van der Waals surface area contributed by atoms with Crippen molar-refractivity contribution in [3.63, 3.8) is 0 Å². The van der Waals surface area contributed by atoms with Crippen molar-refractivity contribution in [3.05, 3.63) is 71.5 Å². The van der Waals surface area contributed by atoms with Crippen LogP contribution < -0.4 is 10.2 Å². The minimum atomic E-state index is -0.558. The molecule has 6 nitrogen and oxygen atoms in total. The summed E-state index contributed by atoms with van der Waals surface area (Å²) in [5.41, 5.74) is 2.55. The van der Waals surface area contributed by atoms with E-state index in [0.717, 1.165) is 44.6 Å². The zero-order chi connectivity index (χ0) is 25.7. The Hall–Kier alpha value is -3.15. The molecule has 2 saturated heterocycles. The van der Waals surface area contributed by atoms with Gasteiger partial charge in [0.1, 0.15) is 5.82 Å². The van der Waals surface area contributed by atoms with Crippen LogP contribution in [-0.4, -0.2) is 53.9 Å². The minimum Gasteiger partial charge on any atom is -0.357 e. The zero-order valence-corrected chi connectivity index (χ0v) is 22.1. The quantitative estimate of drug-likeness (QED) is 0.572. The molecule has 37 heavy (non-hydrogen) atoms. The predicted molar refractivity (Wildman–Crippen MR) is 148 cm³/mol. The Labute approximate surface area is 221 Å². The summed E-state index contributed by atoms with van der Waals surface area (Å²) in [4.78, 5) is 36.0. The average Bonchev–Trinajstić information content (AvgIpc) is 2.98. The molecule has 1 aromatic rings. The van der Waals surface area contributed by atoms with Crippen molar-refractivity contribution in [2.45, 2.75) is 70.8 Å². The van der Waals surface area contributed by atoms with E-state index in [1.807, 2.05) is 17.0 Å². The number of nitrogens with zero attached hydrogens (tertiary/aromatic N) is 3. The topological polar surface area (TPSA) is 65.5 Å². The molecule has 5 rings (SSSR count). The SMILES string of the molecule is C[C@H](NC(=O)C1(C2=CC=CCC2)CCN(C(=O)c2ccc(N3CCCCC3)nc2)CC1)C1=CC=CCC1. The third kappa shape index (κ3) is 5.58. The Morgan fingerprint density at radius 2 is 1.68 bits per heavy atom. The van der Waals surface area contributed by atoms with Crippen LogP contribution in [-0.2, 0) is 4.79 Å². The maximum Gasteiger partial charge on any atom is 0.255 e. The molecule has 2 aliphatic heterocycles. The van der Waals surface area contributed by atoms with Gasteiger partial charge in [0.15, 0.2) is 0 Å². The number of amides is 2. The van der Waals surface area contributed by atoms with E-state index in [1.165, 1.54) is 30.4 Å². The summed E-state index contributed by atoms with van der Waals surface area (Å²) in [6, 6.07) is 3.91. The Morgan fingerprint density at radius 1 is 0.946 bits per heavy atom. The van der Waals surface area contributed by atoms with Crippen LogP contribution in [0, 0.1) is 5.41 Å². The first-order valence-corrected chi connectivity index (χ1v) is 14.1. The number of hydrogen-bond donors (Lipinski definition) is 1. The van der Waals surface area contributed by atoms with Crippen molar-refractivity contribution >= 4 is 17.6 Å². The lowest BCUT2D eigenvalue weighted by Gasteiger charge is -2.43. The second kappa shape index (κ2) is 11.5. The Balaban J connectivity index is 1.27. The van der Waals surface area contributed by atoms with Gasteiger partial charge >= 0.3 is 0 Å². The number of allylic oxidation sites excluding steroid dienone is 6. The number of rotatable bonds is 6. The summed E-state index contributed by atoms with van der Waals surface area (Å²) in [6.07, 6.45) is 23.4. The minimum absolute atomic E-state index is 0.0109. The standard InChI is InChI=1S/C31H40N4O2/c1-24(25-11-5-2-6-12-25)33-30(37)31(27-13-7-3-8-14-27)17-21-35(22-18-31)29(36)26-15-16-28(32-23-26)34-19-9-4-10-20-34/h2-3,5,7,11,13,15-16,23-24H,4,6,8-10,12,14,17-22H2,1H3,(H,33,37)/t24-/m0/s1. The highest BCUT2D eigenvalue weighted by Gasteiger charge is 2.45. The maximum absolute atomic E-state index is 13.9. The molecule has 2 amide bonds. The molecule has 2 fully saturated rings. The van der Waals surface area contributed by atoms with Gasteiger partial charge in [-0.3, -0.25) is 9.59 Å². The van der Waals surface area contributed by atoms with E-state index in [-0.39, 0.29) is 17.9 Å². The number of nitrogens with one attached hydrogen (secondary N) is 1. The molecule has 0 spiro atoms. The zero-order valence-electron chi connectivity index (χ0n) is 22.1. The van der Waals surface area contributed by atoms with E-state index in [0.29, 0.717) is 31.5 Å². The van der Waals surface area contributed by atoms with Crippen LogP contribution in [0.1, 0.15) is 75.1 Å². The fraction of sp³-hybridized carbons (Fsp3) is 0.516. The summed E-state index contributed by atoms with van der Waals surface area (Å²) >= 11 is 0. The molecular formula is C31H40N4O2. The van der Waals surface area contributed by atoms with E-state index < -0.39 is 5.41 Å². The van der Waals surface area contributed by atoms with Crippen LogP contribution >= 0.6 is 0 Å². The van der Waals surface area contributed by atoms with Gasteiger partial charge in [-0.05, 0) is 82.4 Å². The lowest BCUT2D eigenvalue weighted by atomic mass is 9.69. The lowest BCUT2D eigenvalue weighted by molar-refractivity contribution is -0.131. The van der Waals surface area contributed by atoms with Gasteiger partial charge in [0.05, 0.1) is 11.0 Å². The molecule has 196 valence electrons. The molecule has 1 N–H and O–H groups in total. The predicted octanol–water partition coefficient (Wildman–Crippen LogP) is 5.35. The highest BCUT2D eigenvalue weighted by Crippen LogP contribution is 2.43. The summed E-state index contributed by atoms with van der Waals surface area (Å²) in [5.74, 6) is 1.08. The molecule has 3 heterocycles. The number of pyridine rings is 1. The second-order valence-corrected chi connectivity index (χ2v) is 10.9. The van der Waals surface area contributed by atoms with E-state index in [2.05, 4.69) is 58.6 Å². The lowest BCUT2D eigenvalue weighted by Crippen LogP contribution is -2.53. The van der Waals surface area contributed by atoms with E-state index >= 15 is 0 Å². The molecule has 1 aromatic heterocycles. The maximum atomic E-state index is 13.9. The van der Waals surface area contributed by atoms with Crippen LogP contribution in [0.4, 0.5) is 5.82 Å². The third-order valence-electron chi connectivity index (χ3n) is 8.59. The van der Waals surface area contributed by atoms with Gasteiger partial charge in [-0.15, -0.1) is 0 Å². The van der Waals surface area contributed by atoms with Gasteiger partial charge in [-0.2, -0.15) is 0 Å². The number of likely N-dealkylation sites (tertiary alicyclic amines) is 1. The van der Waals surface area contributed by atoms with Gasteiger partial charge in [0, 0.05) is 38.4 Å². The number of anilines is 1. The molecule has 6 heteroatoms. The highest BCUT2D eigenvalue weighted by molar-refractivity contribution is 5.94. The fourth-order valence-electron chi connectivity index (χ4n) is 6.20. The molecule has 2 aliphatic carbocycles. The fourth-order valence-corrected chi connectivity index (χ4v) is 6.20. The van der Waals surface area contributed by atoms with E-state index in [4.69, 9.17) is 0 Å². The van der Waals surface area contributed by atoms with Crippen LogP contribution in [0.2, 0.25) is 0 Å². The van der Waals surface area contributed by atoms with Crippen LogP contribution in [0.3, 0.4) is 0 Å². The molecule has 0 aromatic carbocycles. The van der Waals surface area contributed by atoms with Crippen molar-refractivity contribution in [3.8, 4) is 0 Å². The van der Waals surface area contributed by atoms with Gasteiger partial charge in [-0.1, -0.05) is 42.0 Å². The molecule has 0 saturated carbocycles. The van der Waals surface area contributed by atoms with Crippen LogP contribution in [0.25, 0.3) is 0 Å². The monoisotopic (exact) mass is 500 g/mol. The first-order chi connectivity index (χ1) is 18.1. The number of carbonyl (C=O) groups is 2.